The molecule has 0 aliphatic rings. The van der Waals surface area contributed by atoms with Gasteiger partial charge in [-0.05, 0) is 25.1 Å². The number of hydrogen-bond acceptors (Lipinski definition) is 3. The van der Waals surface area contributed by atoms with Gasteiger partial charge in [0.1, 0.15) is 6.61 Å². The Balaban J connectivity index is 2.19. The Morgan fingerprint density at radius 3 is 2.75 bits per heavy atom. The minimum atomic E-state index is -0.183. The summed E-state index contributed by atoms with van der Waals surface area (Å²) in [7, 11) is 0. The van der Waals surface area contributed by atoms with Crippen LogP contribution in [0.2, 0.25) is 5.02 Å². The van der Waals surface area contributed by atoms with Crippen LogP contribution < -0.4 is 16.0 Å². The molecular formula is C15H17ClN2O2. The quantitative estimate of drug-likeness (QED) is 0.921. The second-order valence-electron chi connectivity index (χ2n) is 4.55. The Morgan fingerprint density at radius 2 is 2.05 bits per heavy atom. The zero-order valence-corrected chi connectivity index (χ0v) is 12.0. The molecule has 5 heteroatoms. The number of aromatic nitrogens is 1. The molecule has 106 valence electrons. The summed E-state index contributed by atoms with van der Waals surface area (Å²) in [5.74, 6) is 0.299. The predicted octanol–water partition coefficient (Wildman–Crippen LogP) is 2.60. The van der Waals surface area contributed by atoms with Gasteiger partial charge in [0.05, 0.1) is 0 Å². The molecule has 20 heavy (non-hydrogen) atoms. The third-order valence-electron chi connectivity index (χ3n) is 3.10. The van der Waals surface area contributed by atoms with Gasteiger partial charge in [0.15, 0.2) is 5.75 Å². The molecule has 1 unspecified atom stereocenters. The van der Waals surface area contributed by atoms with E-state index in [4.69, 9.17) is 22.1 Å². The van der Waals surface area contributed by atoms with Crippen LogP contribution in [0, 0.1) is 0 Å². The highest BCUT2D eigenvalue weighted by Gasteiger charge is 2.09. The number of halogens is 1. The lowest BCUT2D eigenvalue weighted by molar-refractivity contribution is 0.297. The van der Waals surface area contributed by atoms with E-state index in [0.717, 1.165) is 5.56 Å². The zero-order valence-electron chi connectivity index (χ0n) is 11.3. The van der Waals surface area contributed by atoms with Crippen LogP contribution in [-0.4, -0.2) is 11.1 Å². The number of hydrogen-bond donors (Lipinski definition) is 1. The van der Waals surface area contributed by atoms with Crippen molar-refractivity contribution in [1.29, 1.82) is 0 Å². The van der Waals surface area contributed by atoms with E-state index in [1.165, 1.54) is 0 Å². The normalized spacial score (nSPS) is 12.2. The van der Waals surface area contributed by atoms with Crippen LogP contribution in [0.4, 0.5) is 0 Å². The van der Waals surface area contributed by atoms with Gasteiger partial charge in [0.2, 0.25) is 0 Å². The van der Waals surface area contributed by atoms with E-state index in [2.05, 4.69) is 0 Å². The van der Waals surface area contributed by atoms with Gasteiger partial charge in [0, 0.05) is 29.4 Å². The molecule has 0 saturated heterocycles. The van der Waals surface area contributed by atoms with Crippen LogP contribution >= 0.6 is 11.6 Å². The van der Waals surface area contributed by atoms with Crippen molar-refractivity contribution in [1.82, 2.24) is 4.57 Å². The number of benzene rings is 1. The lowest BCUT2D eigenvalue weighted by Crippen LogP contribution is -2.28. The first-order valence-corrected chi connectivity index (χ1v) is 6.78. The van der Waals surface area contributed by atoms with Crippen LogP contribution in [0.15, 0.2) is 47.4 Å². The SMILES string of the molecule is CC(CN)n1cccc(OCc2ccccc2Cl)c1=O. The largest absolute Gasteiger partial charge is 0.483 e. The van der Waals surface area contributed by atoms with E-state index < -0.39 is 0 Å². The third kappa shape index (κ3) is 3.21. The molecule has 1 heterocycles. The first-order chi connectivity index (χ1) is 9.63. The maximum Gasteiger partial charge on any atom is 0.293 e. The lowest BCUT2D eigenvalue weighted by atomic mass is 10.2. The maximum atomic E-state index is 12.2. The smallest absolute Gasteiger partial charge is 0.293 e. The van der Waals surface area contributed by atoms with Crippen molar-refractivity contribution in [3.63, 3.8) is 0 Å². The van der Waals surface area contributed by atoms with Crippen LogP contribution in [-0.2, 0) is 6.61 Å². The molecule has 2 aromatic rings. The van der Waals surface area contributed by atoms with Gasteiger partial charge in [-0.25, -0.2) is 0 Å². The number of rotatable bonds is 5. The fraction of sp³-hybridized carbons (Fsp3) is 0.267. The van der Waals surface area contributed by atoms with Crippen molar-refractivity contribution in [3.05, 3.63) is 63.5 Å². The fourth-order valence-electron chi connectivity index (χ4n) is 1.83. The topological polar surface area (TPSA) is 57.2 Å². The number of ether oxygens (including phenoxy) is 1. The van der Waals surface area contributed by atoms with Gasteiger partial charge in [0.25, 0.3) is 5.56 Å². The molecule has 0 bridgehead atoms. The third-order valence-corrected chi connectivity index (χ3v) is 3.47. The van der Waals surface area contributed by atoms with Gasteiger partial charge in [-0.1, -0.05) is 29.8 Å². The van der Waals surface area contributed by atoms with Crippen molar-refractivity contribution in [2.75, 3.05) is 6.54 Å². The van der Waals surface area contributed by atoms with E-state index in [-0.39, 0.29) is 18.2 Å². The van der Waals surface area contributed by atoms with Crippen LogP contribution in [0.25, 0.3) is 0 Å². The summed E-state index contributed by atoms with van der Waals surface area (Å²) in [5.41, 5.74) is 6.25. The molecule has 0 saturated carbocycles. The van der Waals surface area contributed by atoms with E-state index in [9.17, 15) is 4.79 Å². The highest BCUT2D eigenvalue weighted by atomic mass is 35.5. The van der Waals surface area contributed by atoms with Crippen molar-refractivity contribution in [2.24, 2.45) is 5.73 Å². The lowest BCUT2D eigenvalue weighted by Gasteiger charge is -2.14. The van der Waals surface area contributed by atoms with Crippen LogP contribution in [0.3, 0.4) is 0 Å². The minimum absolute atomic E-state index is 0.0636. The number of nitrogens with two attached hydrogens (primary N) is 1. The van der Waals surface area contributed by atoms with E-state index in [0.29, 0.717) is 17.3 Å². The van der Waals surface area contributed by atoms with Gasteiger partial charge in [-0.3, -0.25) is 4.79 Å². The van der Waals surface area contributed by atoms with Crippen molar-refractivity contribution in [2.45, 2.75) is 19.6 Å². The van der Waals surface area contributed by atoms with Crippen LogP contribution in [0.1, 0.15) is 18.5 Å². The number of pyridine rings is 1. The van der Waals surface area contributed by atoms with Gasteiger partial charge in [-0.2, -0.15) is 0 Å². The first-order valence-electron chi connectivity index (χ1n) is 6.41. The Morgan fingerprint density at radius 1 is 1.30 bits per heavy atom. The first kappa shape index (κ1) is 14.6. The Hall–Kier alpha value is -1.78. The Kier molecular flexibility index (Phi) is 4.82. The van der Waals surface area contributed by atoms with Gasteiger partial charge >= 0.3 is 0 Å². The summed E-state index contributed by atoms with van der Waals surface area (Å²) < 4.78 is 7.15. The summed E-state index contributed by atoms with van der Waals surface area (Å²) >= 11 is 6.05. The zero-order chi connectivity index (χ0) is 14.5. The van der Waals surface area contributed by atoms with Crippen molar-refractivity contribution < 1.29 is 4.74 Å². The Labute approximate surface area is 122 Å². The van der Waals surface area contributed by atoms with Crippen molar-refractivity contribution >= 4 is 11.6 Å². The predicted molar refractivity (Wildman–Crippen MR) is 80.3 cm³/mol. The van der Waals surface area contributed by atoms with Gasteiger partial charge < -0.3 is 15.0 Å². The van der Waals surface area contributed by atoms with E-state index in [1.807, 2.05) is 25.1 Å². The second kappa shape index (κ2) is 6.59. The molecule has 4 nitrogen and oxygen atoms in total. The highest BCUT2D eigenvalue weighted by molar-refractivity contribution is 6.31. The van der Waals surface area contributed by atoms with Gasteiger partial charge in [-0.15, -0.1) is 0 Å². The molecule has 0 aliphatic carbocycles. The standard InChI is InChI=1S/C15H17ClN2O2/c1-11(9-17)18-8-4-7-14(15(18)19)20-10-12-5-2-3-6-13(12)16/h2-8,11H,9-10,17H2,1H3. The monoisotopic (exact) mass is 292 g/mol. The summed E-state index contributed by atoms with van der Waals surface area (Å²) in [6.45, 7) is 2.54. The van der Waals surface area contributed by atoms with E-state index >= 15 is 0 Å². The molecule has 0 spiro atoms. The average Bonchev–Trinajstić information content (AvgIpc) is 2.47. The minimum Gasteiger partial charge on any atom is -0.483 e. The summed E-state index contributed by atoms with van der Waals surface area (Å²) in [4.78, 5) is 12.2. The van der Waals surface area contributed by atoms with E-state index in [1.54, 1.807) is 29.0 Å². The Bertz CT molecular complexity index is 640. The molecule has 2 N–H and O–H groups in total. The van der Waals surface area contributed by atoms with Crippen molar-refractivity contribution in [3.8, 4) is 5.75 Å². The maximum absolute atomic E-state index is 12.2. The average molecular weight is 293 g/mol. The molecule has 1 aromatic heterocycles. The highest BCUT2D eigenvalue weighted by Crippen LogP contribution is 2.17. The summed E-state index contributed by atoms with van der Waals surface area (Å²) in [5, 5.41) is 0.624. The molecular weight excluding hydrogens is 276 g/mol. The molecule has 0 fully saturated rings. The number of nitrogens with zero attached hydrogens (tertiary/aromatic N) is 1. The molecule has 0 aliphatic heterocycles. The van der Waals surface area contributed by atoms with Crippen LogP contribution in [0.5, 0.6) is 5.75 Å². The fourth-order valence-corrected chi connectivity index (χ4v) is 2.02. The molecule has 1 atom stereocenters. The second-order valence-corrected chi connectivity index (χ2v) is 4.96. The molecule has 0 amide bonds. The molecule has 2 rings (SSSR count). The molecule has 0 radical (unpaired) electrons. The molecule has 1 aromatic carbocycles. The summed E-state index contributed by atoms with van der Waals surface area (Å²) in [6.07, 6.45) is 1.71. The summed E-state index contributed by atoms with van der Waals surface area (Å²) in [6, 6.07) is 10.8.